The fraction of sp³-hybridized carbons (Fsp3) is 0.300. The number of ether oxygens (including phenoxy) is 1. The van der Waals surface area contributed by atoms with E-state index < -0.39 is 5.91 Å². The number of aryl methyl sites for hydroxylation is 2. The van der Waals surface area contributed by atoms with E-state index in [1.807, 2.05) is 6.92 Å². The summed E-state index contributed by atoms with van der Waals surface area (Å²) in [5.74, 6) is -0.238. The van der Waals surface area contributed by atoms with Crippen LogP contribution in [0.15, 0.2) is 24.3 Å². The molecular formula is C20H20N4O3S2. The molecule has 0 fully saturated rings. The number of amides is 2. The number of hydrogen-bond acceptors (Lipinski definition) is 7. The minimum atomic E-state index is -0.496. The van der Waals surface area contributed by atoms with E-state index in [0.717, 1.165) is 59.2 Å². The molecule has 1 aliphatic rings. The molecule has 7 nitrogen and oxygen atoms in total. The van der Waals surface area contributed by atoms with Crippen LogP contribution in [0.3, 0.4) is 0 Å². The molecule has 3 aromatic rings. The molecule has 2 heterocycles. The van der Waals surface area contributed by atoms with E-state index in [2.05, 4.69) is 14.1 Å². The Morgan fingerprint density at radius 2 is 2.07 bits per heavy atom. The number of primary amides is 1. The Kier molecular flexibility index (Phi) is 5.59. The van der Waals surface area contributed by atoms with Crippen LogP contribution in [-0.4, -0.2) is 20.6 Å². The van der Waals surface area contributed by atoms with Gasteiger partial charge in [-0.15, -0.1) is 11.3 Å². The van der Waals surface area contributed by atoms with Crippen LogP contribution in [0.4, 0.5) is 5.00 Å². The average molecular weight is 429 g/mol. The standard InChI is InChI=1S/C20H20N4O3S2/c1-11-15(24-29-23-11)10-27-13-6-4-5-12(9-13)19(26)22-20-17(18(21)25)14-7-2-3-8-16(14)28-20/h4-6,9H,2-3,7-8,10H2,1H3,(H2,21,25)(H,22,26). The summed E-state index contributed by atoms with van der Waals surface area (Å²) in [7, 11) is 0. The molecule has 0 saturated carbocycles. The lowest BCUT2D eigenvalue weighted by Crippen LogP contribution is -2.18. The van der Waals surface area contributed by atoms with E-state index >= 15 is 0 Å². The number of fused-ring (bicyclic) bond motifs is 1. The molecule has 0 atom stereocenters. The van der Waals surface area contributed by atoms with Gasteiger partial charge >= 0.3 is 0 Å². The first-order chi connectivity index (χ1) is 14.0. The fourth-order valence-electron chi connectivity index (χ4n) is 3.35. The Hall–Kier alpha value is -2.78. The number of carbonyl (C=O) groups excluding carboxylic acids is 2. The van der Waals surface area contributed by atoms with Crippen molar-refractivity contribution in [2.75, 3.05) is 5.32 Å². The second kappa shape index (κ2) is 8.30. The Balaban J connectivity index is 1.51. The Morgan fingerprint density at radius 3 is 2.83 bits per heavy atom. The Morgan fingerprint density at radius 1 is 1.24 bits per heavy atom. The zero-order valence-electron chi connectivity index (χ0n) is 15.9. The number of nitrogens with one attached hydrogen (secondary N) is 1. The number of carbonyl (C=O) groups is 2. The molecular weight excluding hydrogens is 408 g/mol. The van der Waals surface area contributed by atoms with Gasteiger partial charge in [0.05, 0.1) is 23.0 Å². The number of hydrogen-bond donors (Lipinski definition) is 2. The van der Waals surface area contributed by atoms with Crippen LogP contribution in [0.1, 0.15) is 55.4 Å². The van der Waals surface area contributed by atoms with Crippen LogP contribution in [0, 0.1) is 6.92 Å². The number of benzene rings is 1. The fourth-order valence-corrected chi connectivity index (χ4v) is 5.19. The molecule has 2 aromatic heterocycles. The van der Waals surface area contributed by atoms with Gasteiger partial charge in [0.1, 0.15) is 23.1 Å². The lowest BCUT2D eigenvalue weighted by molar-refractivity contribution is 0.100. The van der Waals surface area contributed by atoms with Crippen LogP contribution in [-0.2, 0) is 19.4 Å². The number of thiophene rings is 1. The van der Waals surface area contributed by atoms with Gasteiger partial charge in [-0.1, -0.05) is 6.07 Å². The van der Waals surface area contributed by atoms with Crippen LogP contribution in [0.2, 0.25) is 0 Å². The molecule has 0 unspecified atom stereocenters. The van der Waals surface area contributed by atoms with E-state index in [1.54, 1.807) is 24.3 Å². The maximum atomic E-state index is 12.8. The predicted molar refractivity (Wildman–Crippen MR) is 113 cm³/mol. The molecule has 150 valence electrons. The zero-order valence-corrected chi connectivity index (χ0v) is 17.5. The molecule has 29 heavy (non-hydrogen) atoms. The van der Waals surface area contributed by atoms with Gasteiger partial charge in [-0.25, -0.2) is 0 Å². The summed E-state index contributed by atoms with van der Waals surface area (Å²) in [6, 6.07) is 6.91. The predicted octanol–water partition coefficient (Wildman–Crippen LogP) is 3.72. The van der Waals surface area contributed by atoms with Gasteiger partial charge in [-0.05, 0) is 56.4 Å². The van der Waals surface area contributed by atoms with Gasteiger partial charge in [0.15, 0.2) is 0 Å². The summed E-state index contributed by atoms with van der Waals surface area (Å²) in [5.41, 5.74) is 9.11. The highest BCUT2D eigenvalue weighted by atomic mass is 32.1. The highest BCUT2D eigenvalue weighted by molar-refractivity contribution is 7.17. The third-order valence-corrected chi connectivity index (χ3v) is 6.73. The van der Waals surface area contributed by atoms with Crippen LogP contribution in [0.25, 0.3) is 0 Å². The Labute approximate surface area is 176 Å². The maximum absolute atomic E-state index is 12.8. The molecule has 0 radical (unpaired) electrons. The van der Waals surface area contributed by atoms with Gasteiger partial charge in [-0.3, -0.25) is 9.59 Å². The molecule has 4 rings (SSSR count). The van der Waals surface area contributed by atoms with Crippen LogP contribution in [0.5, 0.6) is 5.75 Å². The summed E-state index contributed by atoms with van der Waals surface area (Å²) < 4.78 is 14.1. The van der Waals surface area contributed by atoms with E-state index in [0.29, 0.717) is 21.9 Å². The average Bonchev–Trinajstić information content (AvgIpc) is 3.29. The molecule has 2 amide bonds. The van der Waals surface area contributed by atoms with Crippen molar-refractivity contribution < 1.29 is 14.3 Å². The van der Waals surface area contributed by atoms with E-state index in [-0.39, 0.29) is 12.5 Å². The van der Waals surface area contributed by atoms with Crippen molar-refractivity contribution in [1.82, 2.24) is 8.75 Å². The van der Waals surface area contributed by atoms with Crippen LogP contribution < -0.4 is 15.8 Å². The topological polar surface area (TPSA) is 107 Å². The second-order valence-corrected chi connectivity index (χ2v) is 8.48. The summed E-state index contributed by atoms with van der Waals surface area (Å²) in [6.07, 6.45) is 3.87. The molecule has 0 aliphatic heterocycles. The van der Waals surface area contributed by atoms with Gasteiger partial charge in [0.2, 0.25) is 0 Å². The third-order valence-electron chi connectivity index (χ3n) is 4.86. The van der Waals surface area contributed by atoms with Gasteiger partial charge in [0, 0.05) is 10.4 Å². The number of nitrogens with zero attached hydrogens (tertiary/aromatic N) is 2. The molecule has 0 saturated heterocycles. The lowest BCUT2D eigenvalue weighted by Gasteiger charge is -2.11. The second-order valence-electron chi connectivity index (χ2n) is 6.85. The largest absolute Gasteiger partial charge is 0.487 e. The van der Waals surface area contributed by atoms with Crippen molar-refractivity contribution in [2.24, 2.45) is 5.73 Å². The maximum Gasteiger partial charge on any atom is 0.256 e. The number of aromatic nitrogens is 2. The first kappa shape index (κ1) is 19.5. The summed E-state index contributed by atoms with van der Waals surface area (Å²) in [6.45, 7) is 2.17. The quantitative estimate of drug-likeness (QED) is 0.622. The number of anilines is 1. The van der Waals surface area contributed by atoms with Crippen molar-refractivity contribution in [2.45, 2.75) is 39.2 Å². The lowest BCUT2D eigenvalue weighted by atomic mass is 9.95. The van der Waals surface area contributed by atoms with Crippen molar-refractivity contribution in [3.63, 3.8) is 0 Å². The third kappa shape index (κ3) is 4.15. The van der Waals surface area contributed by atoms with Gasteiger partial charge in [-0.2, -0.15) is 8.75 Å². The number of nitrogens with two attached hydrogens (primary N) is 1. The Bertz CT molecular complexity index is 1070. The molecule has 0 spiro atoms. The minimum absolute atomic E-state index is 0.289. The van der Waals surface area contributed by atoms with Crippen molar-refractivity contribution in [1.29, 1.82) is 0 Å². The van der Waals surface area contributed by atoms with E-state index in [9.17, 15) is 9.59 Å². The highest BCUT2D eigenvalue weighted by Gasteiger charge is 2.25. The normalized spacial score (nSPS) is 13.0. The molecule has 9 heteroatoms. The van der Waals surface area contributed by atoms with Crippen LogP contribution >= 0.6 is 23.1 Å². The van der Waals surface area contributed by atoms with Crippen molar-refractivity contribution >= 4 is 39.9 Å². The van der Waals surface area contributed by atoms with E-state index in [1.165, 1.54) is 11.3 Å². The molecule has 1 aliphatic carbocycles. The smallest absolute Gasteiger partial charge is 0.256 e. The molecule has 1 aromatic carbocycles. The summed E-state index contributed by atoms with van der Waals surface area (Å²) in [4.78, 5) is 26.0. The SMILES string of the molecule is Cc1nsnc1COc1cccc(C(=O)Nc2sc3c(c2C(N)=O)CCCC3)c1. The van der Waals surface area contributed by atoms with E-state index in [4.69, 9.17) is 10.5 Å². The monoisotopic (exact) mass is 428 g/mol. The molecule has 0 bridgehead atoms. The first-order valence-corrected chi connectivity index (χ1v) is 10.8. The highest BCUT2D eigenvalue weighted by Crippen LogP contribution is 2.38. The zero-order chi connectivity index (χ0) is 20.4. The van der Waals surface area contributed by atoms with Crippen molar-refractivity contribution in [3.8, 4) is 5.75 Å². The summed E-state index contributed by atoms with van der Waals surface area (Å²) in [5, 5.41) is 3.41. The summed E-state index contributed by atoms with van der Waals surface area (Å²) >= 11 is 2.59. The van der Waals surface area contributed by atoms with Crippen molar-refractivity contribution in [3.05, 3.63) is 57.2 Å². The first-order valence-electron chi connectivity index (χ1n) is 9.29. The van der Waals surface area contributed by atoms with Gasteiger partial charge < -0.3 is 15.8 Å². The van der Waals surface area contributed by atoms with Gasteiger partial charge in [0.25, 0.3) is 11.8 Å². The number of rotatable bonds is 6. The molecule has 3 N–H and O–H groups in total. The minimum Gasteiger partial charge on any atom is -0.487 e.